The lowest BCUT2D eigenvalue weighted by atomic mass is 10.0. The zero-order valence-corrected chi connectivity index (χ0v) is 12.0. The Labute approximate surface area is 120 Å². The lowest BCUT2D eigenvalue weighted by molar-refractivity contribution is 0.578. The van der Waals surface area contributed by atoms with Gasteiger partial charge in [0.05, 0.1) is 17.6 Å². The normalized spacial score (nSPS) is 15.2. The summed E-state index contributed by atoms with van der Waals surface area (Å²) in [5, 5.41) is 3.30. The van der Waals surface area contributed by atoms with Crippen molar-refractivity contribution in [1.82, 2.24) is 4.98 Å². The highest BCUT2D eigenvalue weighted by Crippen LogP contribution is 2.37. The predicted molar refractivity (Wildman–Crippen MR) is 85.3 cm³/mol. The number of anilines is 2. The number of hydrogen-bond acceptors (Lipinski definition) is 3. The van der Waals surface area contributed by atoms with E-state index in [-0.39, 0.29) is 0 Å². The van der Waals surface area contributed by atoms with Crippen molar-refractivity contribution in [3.63, 3.8) is 0 Å². The third-order valence-corrected chi connectivity index (χ3v) is 3.94. The summed E-state index contributed by atoms with van der Waals surface area (Å²) in [6.45, 7) is 2.27. The molecule has 1 aliphatic heterocycles. The summed E-state index contributed by atoms with van der Waals surface area (Å²) in [5.74, 6) is 0. The quantitative estimate of drug-likeness (QED) is 0.917. The largest absolute Gasteiger partial charge is 0.385 e. The maximum atomic E-state index is 4.40. The molecule has 0 spiro atoms. The first-order valence-corrected chi connectivity index (χ1v) is 7.36. The number of nitrogens with zero attached hydrogens (tertiary/aromatic N) is 2. The van der Waals surface area contributed by atoms with E-state index in [4.69, 9.17) is 0 Å². The summed E-state index contributed by atoms with van der Waals surface area (Å²) in [6, 6.07) is 10.5. The molecule has 3 heteroatoms. The highest BCUT2D eigenvalue weighted by molar-refractivity contribution is 5.87. The van der Waals surface area contributed by atoms with Crippen LogP contribution in [0.4, 0.5) is 11.4 Å². The van der Waals surface area contributed by atoms with Gasteiger partial charge in [0.2, 0.25) is 0 Å². The van der Waals surface area contributed by atoms with Gasteiger partial charge in [0.1, 0.15) is 0 Å². The number of benzene rings is 1. The van der Waals surface area contributed by atoms with Crippen LogP contribution in [0.1, 0.15) is 19.3 Å². The monoisotopic (exact) mass is 267 g/mol. The van der Waals surface area contributed by atoms with Crippen LogP contribution in [0.25, 0.3) is 11.1 Å². The van der Waals surface area contributed by atoms with E-state index >= 15 is 0 Å². The lowest BCUT2D eigenvalue weighted by Gasteiger charge is -2.32. The molecule has 1 aliphatic rings. The van der Waals surface area contributed by atoms with E-state index in [1.54, 1.807) is 0 Å². The molecular weight excluding hydrogens is 246 g/mol. The number of aromatic nitrogens is 1. The molecule has 1 saturated heterocycles. The Morgan fingerprint density at radius 2 is 1.75 bits per heavy atom. The van der Waals surface area contributed by atoms with Crippen LogP contribution in [0.15, 0.2) is 42.7 Å². The van der Waals surface area contributed by atoms with E-state index < -0.39 is 0 Å². The second kappa shape index (κ2) is 5.95. The molecule has 0 radical (unpaired) electrons. The van der Waals surface area contributed by atoms with E-state index in [1.165, 1.54) is 36.1 Å². The number of hydrogen-bond donors (Lipinski definition) is 1. The fourth-order valence-corrected chi connectivity index (χ4v) is 2.92. The summed E-state index contributed by atoms with van der Waals surface area (Å²) in [7, 11) is 1.97. The zero-order valence-electron chi connectivity index (χ0n) is 12.0. The molecule has 1 aromatic heterocycles. The molecule has 0 aliphatic carbocycles. The van der Waals surface area contributed by atoms with Gasteiger partial charge < -0.3 is 10.2 Å². The molecule has 1 fully saturated rings. The van der Waals surface area contributed by atoms with E-state index in [2.05, 4.69) is 45.5 Å². The van der Waals surface area contributed by atoms with Gasteiger partial charge in [0, 0.05) is 31.9 Å². The molecule has 1 aromatic carbocycles. The Morgan fingerprint density at radius 3 is 2.45 bits per heavy atom. The number of rotatable bonds is 3. The van der Waals surface area contributed by atoms with Crippen molar-refractivity contribution in [2.45, 2.75) is 19.3 Å². The molecule has 0 atom stereocenters. The number of nitrogens with one attached hydrogen (secondary N) is 1. The molecule has 0 amide bonds. The maximum Gasteiger partial charge on any atom is 0.0768 e. The fourth-order valence-electron chi connectivity index (χ4n) is 2.92. The van der Waals surface area contributed by atoms with Crippen molar-refractivity contribution in [3.8, 4) is 11.1 Å². The number of pyridine rings is 1. The lowest BCUT2D eigenvalue weighted by Crippen LogP contribution is -2.30. The molecule has 104 valence electrons. The van der Waals surface area contributed by atoms with Crippen molar-refractivity contribution < 1.29 is 0 Å². The van der Waals surface area contributed by atoms with E-state index in [1.807, 2.05) is 19.4 Å². The molecule has 3 rings (SSSR count). The predicted octanol–water partition coefficient (Wildman–Crippen LogP) is 3.78. The number of piperidine rings is 1. The van der Waals surface area contributed by atoms with Gasteiger partial charge in [0.25, 0.3) is 0 Å². The third-order valence-electron chi connectivity index (χ3n) is 3.94. The fraction of sp³-hybridized carbons (Fsp3) is 0.353. The SMILES string of the molecule is CNc1cncc(-c2ccccc2)c1N1CCCCC1. The first-order valence-electron chi connectivity index (χ1n) is 7.36. The minimum atomic E-state index is 1.12. The van der Waals surface area contributed by atoms with Crippen LogP contribution < -0.4 is 10.2 Å². The molecule has 2 aromatic rings. The molecule has 2 heterocycles. The molecule has 3 nitrogen and oxygen atoms in total. The first-order chi connectivity index (χ1) is 9.90. The minimum absolute atomic E-state index is 1.12. The second-order valence-electron chi connectivity index (χ2n) is 5.25. The summed E-state index contributed by atoms with van der Waals surface area (Å²) in [5.41, 5.74) is 4.87. The van der Waals surface area contributed by atoms with Crippen LogP contribution in [0.3, 0.4) is 0 Å². The van der Waals surface area contributed by atoms with E-state index in [9.17, 15) is 0 Å². The third kappa shape index (κ3) is 2.48. The second-order valence-corrected chi connectivity index (χ2v) is 5.25. The van der Waals surface area contributed by atoms with Crippen LogP contribution in [-0.4, -0.2) is 25.1 Å². The van der Waals surface area contributed by atoms with Crippen LogP contribution in [0.5, 0.6) is 0 Å². The van der Waals surface area contributed by atoms with Gasteiger partial charge in [-0.15, -0.1) is 0 Å². The summed E-state index contributed by atoms with van der Waals surface area (Å²) in [4.78, 5) is 6.90. The first kappa shape index (κ1) is 13.0. The van der Waals surface area contributed by atoms with Crippen molar-refractivity contribution in [2.24, 2.45) is 0 Å². The van der Waals surface area contributed by atoms with Gasteiger partial charge in [-0.3, -0.25) is 4.98 Å². The topological polar surface area (TPSA) is 28.2 Å². The van der Waals surface area contributed by atoms with E-state index in [0.29, 0.717) is 0 Å². The highest BCUT2D eigenvalue weighted by Gasteiger charge is 2.18. The van der Waals surface area contributed by atoms with Crippen molar-refractivity contribution >= 4 is 11.4 Å². The molecule has 20 heavy (non-hydrogen) atoms. The summed E-state index contributed by atoms with van der Waals surface area (Å²) < 4.78 is 0. The van der Waals surface area contributed by atoms with Crippen LogP contribution in [0, 0.1) is 0 Å². The van der Waals surface area contributed by atoms with E-state index in [0.717, 1.165) is 18.8 Å². The Bertz CT molecular complexity index is 560. The van der Waals surface area contributed by atoms with Crippen molar-refractivity contribution in [1.29, 1.82) is 0 Å². The molecule has 1 N–H and O–H groups in total. The Morgan fingerprint density at radius 1 is 1.00 bits per heavy atom. The Kier molecular flexibility index (Phi) is 3.86. The highest BCUT2D eigenvalue weighted by atomic mass is 15.2. The minimum Gasteiger partial charge on any atom is -0.385 e. The average Bonchev–Trinajstić information content (AvgIpc) is 2.55. The standard InChI is InChI=1S/C17H21N3/c1-18-16-13-19-12-15(14-8-4-2-5-9-14)17(16)20-10-6-3-7-11-20/h2,4-5,8-9,12-13,18H,3,6-7,10-11H2,1H3. The van der Waals surface area contributed by atoms with Gasteiger partial charge in [-0.05, 0) is 24.8 Å². The van der Waals surface area contributed by atoms with Crippen LogP contribution in [0.2, 0.25) is 0 Å². The van der Waals surface area contributed by atoms with Crippen molar-refractivity contribution in [2.75, 3.05) is 30.4 Å². The molecule has 0 unspecified atom stereocenters. The zero-order chi connectivity index (χ0) is 13.8. The molecule has 0 saturated carbocycles. The maximum absolute atomic E-state index is 4.40. The Hall–Kier alpha value is -2.03. The van der Waals surface area contributed by atoms with Gasteiger partial charge in [-0.1, -0.05) is 30.3 Å². The Balaban J connectivity index is 2.09. The van der Waals surface area contributed by atoms with Crippen LogP contribution >= 0.6 is 0 Å². The van der Waals surface area contributed by atoms with Gasteiger partial charge in [-0.25, -0.2) is 0 Å². The van der Waals surface area contributed by atoms with Gasteiger partial charge in [-0.2, -0.15) is 0 Å². The smallest absolute Gasteiger partial charge is 0.0768 e. The van der Waals surface area contributed by atoms with Crippen LogP contribution in [-0.2, 0) is 0 Å². The summed E-state index contributed by atoms with van der Waals surface area (Å²) in [6.07, 6.45) is 7.81. The van der Waals surface area contributed by atoms with Gasteiger partial charge in [0.15, 0.2) is 0 Å². The van der Waals surface area contributed by atoms with Gasteiger partial charge >= 0.3 is 0 Å². The average molecular weight is 267 g/mol. The molecular formula is C17H21N3. The molecule has 0 bridgehead atoms. The van der Waals surface area contributed by atoms with Crippen molar-refractivity contribution in [3.05, 3.63) is 42.7 Å². The summed E-state index contributed by atoms with van der Waals surface area (Å²) >= 11 is 0.